The lowest BCUT2D eigenvalue weighted by molar-refractivity contribution is -0.122. The molecule has 0 unspecified atom stereocenters. The number of nitrogens with one attached hydrogen (secondary N) is 2. The van der Waals surface area contributed by atoms with E-state index in [4.69, 9.17) is 9.26 Å². The maximum absolute atomic E-state index is 12.4. The molecular weight excluding hydrogens is 346 g/mol. The number of aromatic nitrogens is 3. The summed E-state index contributed by atoms with van der Waals surface area (Å²) < 4.78 is 12.9. The largest absolute Gasteiger partial charge is 0.379 e. The number of nitrogens with zero attached hydrogens (tertiary/aromatic N) is 3. The minimum Gasteiger partial charge on any atom is -0.379 e. The van der Waals surface area contributed by atoms with Crippen molar-refractivity contribution in [3.63, 3.8) is 0 Å². The monoisotopic (exact) mass is 373 g/mol. The Morgan fingerprint density at radius 2 is 2.33 bits per heavy atom. The van der Waals surface area contributed by atoms with Crippen molar-refractivity contribution in [1.82, 2.24) is 25.6 Å². The van der Waals surface area contributed by atoms with Gasteiger partial charge < -0.3 is 19.9 Å². The van der Waals surface area contributed by atoms with Crippen LogP contribution in [0.3, 0.4) is 0 Å². The first kappa shape index (κ1) is 18.2. The van der Waals surface area contributed by atoms with Gasteiger partial charge in [-0.05, 0) is 26.0 Å². The molecule has 27 heavy (non-hydrogen) atoms. The van der Waals surface area contributed by atoms with Crippen LogP contribution in [0.15, 0.2) is 16.7 Å². The Bertz CT molecular complexity index is 761. The Labute approximate surface area is 158 Å². The van der Waals surface area contributed by atoms with Crippen LogP contribution in [0, 0.1) is 12.8 Å². The molecule has 8 heteroatoms. The van der Waals surface area contributed by atoms with Crippen molar-refractivity contribution in [2.45, 2.75) is 51.7 Å². The fourth-order valence-electron chi connectivity index (χ4n) is 3.79. The standard InChI is InChI=1S/C19H27N5O3/c1-13-7-17(27-23-13)8-14-11-26-12-18(14)21-19(25)4-3-15-9-16-10-20-5-2-6-24(16)22-15/h7,9,14,18,20H,2-6,8,10-12H2,1H3,(H,21,25)/t14-,18+/m1/s1. The molecule has 146 valence electrons. The van der Waals surface area contributed by atoms with Crippen LogP contribution in [-0.4, -0.2) is 46.6 Å². The van der Waals surface area contributed by atoms with Crippen LogP contribution in [0.5, 0.6) is 0 Å². The molecule has 2 aliphatic rings. The lowest BCUT2D eigenvalue weighted by atomic mass is 9.98. The van der Waals surface area contributed by atoms with Crippen molar-refractivity contribution in [1.29, 1.82) is 0 Å². The van der Waals surface area contributed by atoms with Gasteiger partial charge in [-0.15, -0.1) is 0 Å². The summed E-state index contributed by atoms with van der Waals surface area (Å²) in [4.78, 5) is 12.4. The van der Waals surface area contributed by atoms with Crippen molar-refractivity contribution in [2.75, 3.05) is 19.8 Å². The van der Waals surface area contributed by atoms with E-state index in [1.807, 2.05) is 13.0 Å². The first-order valence-electron chi connectivity index (χ1n) is 9.73. The average Bonchev–Trinajstić information content (AvgIpc) is 3.32. The molecule has 4 rings (SSSR count). The van der Waals surface area contributed by atoms with Gasteiger partial charge in [-0.1, -0.05) is 5.16 Å². The molecule has 2 aromatic rings. The second kappa shape index (κ2) is 8.22. The summed E-state index contributed by atoms with van der Waals surface area (Å²) in [5, 5.41) is 15.1. The molecule has 8 nitrogen and oxygen atoms in total. The van der Waals surface area contributed by atoms with Gasteiger partial charge in [-0.2, -0.15) is 5.10 Å². The van der Waals surface area contributed by atoms with E-state index in [0.29, 0.717) is 26.1 Å². The normalized spacial score (nSPS) is 22.4. The van der Waals surface area contributed by atoms with Crippen LogP contribution in [-0.2, 0) is 35.5 Å². The first-order valence-corrected chi connectivity index (χ1v) is 9.73. The molecule has 1 fully saturated rings. The molecule has 0 bridgehead atoms. The quantitative estimate of drug-likeness (QED) is 0.784. The van der Waals surface area contributed by atoms with E-state index < -0.39 is 0 Å². The van der Waals surface area contributed by atoms with Crippen LogP contribution < -0.4 is 10.6 Å². The lowest BCUT2D eigenvalue weighted by Crippen LogP contribution is -2.40. The molecule has 0 saturated carbocycles. The number of ether oxygens (including phenoxy) is 1. The van der Waals surface area contributed by atoms with E-state index in [1.165, 1.54) is 5.69 Å². The molecule has 2 atom stereocenters. The highest BCUT2D eigenvalue weighted by Gasteiger charge is 2.30. The lowest BCUT2D eigenvalue weighted by Gasteiger charge is -2.17. The highest BCUT2D eigenvalue weighted by atomic mass is 16.5. The van der Waals surface area contributed by atoms with Gasteiger partial charge in [0.15, 0.2) is 0 Å². The number of fused-ring (bicyclic) bond motifs is 1. The Balaban J connectivity index is 1.27. The second-order valence-electron chi connectivity index (χ2n) is 7.49. The zero-order valence-corrected chi connectivity index (χ0v) is 15.7. The van der Waals surface area contributed by atoms with E-state index in [1.54, 1.807) is 0 Å². The molecule has 1 saturated heterocycles. The average molecular weight is 373 g/mol. The number of amides is 1. The van der Waals surface area contributed by atoms with Crippen LogP contribution in [0.25, 0.3) is 0 Å². The van der Waals surface area contributed by atoms with Gasteiger partial charge >= 0.3 is 0 Å². The van der Waals surface area contributed by atoms with Crippen LogP contribution in [0.1, 0.15) is 35.7 Å². The van der Waals surface area contributed by atoms with Crippen molar-refractivity contribution in [2.24, 2.45) is 5.92 Å². The first-order chi connectivity index (χ1) is 13.2. The fourth-order valence-corrected chi connectivity index (χ4v) is 3.79. The minimum atomic E-state index is 0.0193. The molecule has 2 N–H and O–H groups in total. The van der Waals surface area contributed by atoms with E-state index in [-0.39, 0.29) is 17.9 Å². The van der Waals surface area contributed by atoms with Crippen molar-refractivity contribution < 1.29 is 14.1 Å². The summed E-state index contributed by atoms with van der Waals surface area (Å²) in [6, 6.07) is 4.07. The van der Waals surface area contributed by atoms with Gasteiger partial charge in [-0.3, -0.25) is 9.48 Å². The smallest absolute Gasteiger partial charge is 0.220 e. The topological polar surface area (TPSA) is 94.2 Å². The van der Waals surface area contributed by atoms with Crippen molar-refractivity contribution in [3.05, 3.63) is 35.0 Å². The molecular formula is C19H27N5O3. The van der Waals surface area contributed by atoms with Crippen LogP contribution in [0.4, 0.5) is 0 Å². The third kappa shape index (κ3) is 4.56. The van der Waals surface area contributed by atoms with E-state index in [0.717, 1.165) is 49.6 Å². The summed E-state index contributed by atoms with van der Waals surface area (Å²) in [6.07, 6.45) is 2.91. The zero-order chi connectivity index (χ0) is 18.6. The van der Waals surface area contributed by atoms with Gasteiger partial charge in [0.05, 0.1) is 36.3 Å². The molecule has 4 heterocycles. The van der Waals surface area contributed by atoms with Gasteiger partial charge in [-0.25, -0.2) is 0 Å². The van der Waals surface area contributed by atoms with Crippen LogP contribution in [0.2, 0.25) is 0 Å². The van der Waals surface area contributed by atoms with Gasteiger partial charge in [0.2, 0.25) is 5.91 Å². The molecule has 0 aliphatic carbocycles. The number of hydrogen-bond acceptors (Lipinski definition) is 6. The Morgan fingerprint density at radius 3 is 3.19 bits per heavy atom. The third-order valence-electron chi connectivity index (χ3n) is 5.24. The molecule has 0 spiro atoms. The van der Waals surface area contributed by atoms with Gasteiger partial charge in [0.1, 0.15) is 5.76 Å². The summed E-state index contributed by atoms with van der Waals surface area (Å²) >= 11 is 0. The molecule has 0 aromatic carbocycles. The fraction of sp³-hybridized carbons (Fsp3) is 0.632. The molecule has 1 amide bonds. The molecule has 2 aliphatic heterocycles. The summed E-state index contributed by atoms with van der Waals surface area (Å²) in [5.74, 6) is 1.11. The van der Waals surface area contributed by atoms with E-state index >= 15 is 0 Å². The summed E-state index contributed by atoms with van der Waals surface area (Å²) in [6.45, 7) is 5.90. The number of hydrogen-bond donors (Lipinski definition) is 2. The Kier molecular flexibility index (Phi) is 5.54. The summed E-state index contributed by atoms with van der Waals surface area (Å²) in [5.41, 5.74) is 3.06. The van der Waals surface area contributed by atoms with Crippen molar-refractivity contribution in [3.8, 4) is 0 Å². The Morgan fingerprint density at radius 1 is 1.41 bits per heavy atom. The molecule has 2 aromatic heterocycles. The van der Waals surface area contributed by atoms with Crippen molar-refractivity contribution >= 4 is 5.91 Å². The predicted molar refractivity (Wildman–Crippen MR) is 98.1 cm³/mol. The predicted octanol–water partition coefficient (Wildman–Crippen LogP) is 0.979. The SMILES string of the molecule is Cc1cc(C[C@@H]2COC[C@@H]2NC(=O)CCc2cc3n(n2)CCCNC3)on1. The van der Waals surface area contributed by atoms with E-state index in [9.17, 15) is 4.79 Å². The number of carbonyl (C=O) groups is 1. The maximum Gasteiger partial charge on any atom is 0.220 e. The van der Waals surface area contributed by atoms with Crippen LogP contribution >= 0.6 is 0 Å². The maximum atomic E-state index is 12.4. The minimum absolute atomic E-state index is 0.0193. The molecule has 0 radical (unpaired) electrons. The highest BCUT2D eigenvalue weighted by Crippen LogP contribution is 2.20. The third-order valence-corrected chi connectivity index (χ3v) is 5.24. The van der Waals surface area contributed by atoms with E-state index in [2.05, 4.69) is 31.6 Å². The van der Waals surface area contributed by atoms with Gasteiger partial charge in [0, 0.05) is 44.3 Å². The number of rotatable bonds is 6. The zero-order valence-electron chi connectivity index (χ0n) is 15.7. The Hall–Kier alpha value is -2.19. The number of aryl methyl sites for hydroxylation is 3. The second-order valence-corrected chi connectivity index (χ2v) is 7.49. The highest BCUT2D eigenvalue weighted by molar-refractivity contribution is 5.76. The van der Waals surface area contributed by atoms with Gasteiger partial charge in [0.25, 0.3) is 0 Å². The number of carbonyl (C=O) groups excluding carboxylic acids is 1. The summed E-state index contributed by atoms with van der Waals surface area (Å²) in [7, 11) is 0.